The molecule has 0 saturated carbocycles. The molecule has 21 heavy (non-hydrogen) atoms. The van der Waals surface area contributed by atoms with Gasteiger partial charge in [-0.25, -0.2) is 9.97 Å². The van der Waals surface area contributed by atoms with Crippen molar-refractivity contribution >= 4 is 5.82 Å². The minimum absolute atomic E-state index is 0.250. The number of pyridine rings is 1. The fourth-order valence-corrected chi connectivity index (χ4v) is 2.85. The monoisotopic (exact) mass is 282 g/mol. The van der Waals surface area contributed by atoms with Crippen LogP contribution in [0.4, 0.5) is 5.82 Å². The Balaban J connectivity index is 2.40. The summed E-state index contributed by atoms with van der Waals surface area (Å²) in [4.78, 5) is 8.79. The lowest BCUT2D eigenvalue weighted by molar-refractivity contribution is 0.433. The summed E-state index contributed by atoms with van der Waals surface area (Å²) in [6.07, 6.45) is 1.79. The van der Waals surface area contributed by atoms with E-state index in [1.165, 1.54) is 0 Å². The molecule has 0 fully saturated rings. The molecule has 1 aliphatic heterocycles. The lowest BCUT2D eigenvalue weighted by Crippen LogP contribution is -2.29. The van der Waals surface area contributed by atoms with Gasteiger partial charge in [0, 0.05) is 24.7 Å². The normalized spacial score (nSPS) is 15.8. The minimum Gasteiger partial charge on any atom is -0.383 e. The number of nitrogens with one attached hydrogen (secondary N) is 1. The number of aromatic nitrogens is 3. The quantitative estimate of drug-likeness (QED) is 0.828. The molecule has 0 saturated heterocycles. The highest BCUT2D eigenvalue weighted by molar-refractivity contribution is 5.78. The first-order valence-corrected chi connectivity index (χ1v) is 6.83. The molecule has 0 atom stereocenters. The van der Waals surface area contributed by atoms with Gasteiger partial charge in [-0.3, -0.25) is 0 Å². The fraction of sp³-hybridized carbons (Fsp3) is 0.400. The third-order valence-electron chi connectivity index (χ3n) is 4.21. The number of aryl methyl sites for hydroxylation is 1. The van der Waals surface area contributed by atoms with Crippen molar-refractivity contribution in [1.29, 1.82) is 5.26 Å². The zero-order chi connectivity index (χ0) is 15.4. The van der Waals surface area contributed by atoms with Crippen molar-refractivity contribution < 1.29 is 0 Å². The van der Waals surface area contributed by atoms with Crippen LogP contribution in [0.3, 0.4) is 0 Å². The number of nitrogen functional groups attached to an aromatic ring is 1. The molecule has 0 spiro atoms. The van der Waals surface area contributed by atoms with Crippen molar-refractivity contribution in [3.63, 3.8) is 0 Å². The van der Waals surface area contributed by atoms with Gasteiger partial charge in [0.05, 0.1) is 23.1 Å². The molecule has 6 heteroatoms. The molecule has 0 aliphatic carbocycles. The van der Waals surface area contributed by atoms with Crippen molar-refractivity contribution in [2.45, 2.75) is 32.9 Å². The van der Waals surface area contributed by atoms with Gasteiger partial charge in [-0.1, -0.05) is 0 Å². The lowest BCUT2D eigenvalue weighted by atomic mass is 9.94. The molecule has 2 aromatic rings. The topological polar surface area (TPSA) is 92.6 Å². The average Bonchev–Trinajstić information content (AvgIpc) is 2.91. The molecule has 0 bridgehead atoms. The fourth-order valence-electron chi connectivity index (χ4n) is 2.85. The highest BCUT2D eigenvalue weighted by Gasteiger charge is 2.35. The summed E-state index contributed by atoms with van der Waals surface area (Å²) in [5.41, 5.74) is 9.90. The number of hydrogen-bond donors (Lipinski definition) is 2. The number of nitriles is 1. The zero-order valence-corrected chi connectivity index (χ0v) is 12.7. The summed E-state index contributed by atoms with van der Waals surface area (Å²) in [6, 6.07) is 2.20. The maximum absolute atomic E-state index is 9.50. The van der Waals surface area contributed by atoms with Crippen LogP contribution in [0.2, 0.25) is 0 Å². The molecule has 3 heterocycles. The largest absolute Gasteiger partial charge is 0.383 e. The molecule has 1 aliphatic rings. The number of rotatable bonds is 1. The van der Waals surface area contributed by atoms with E-state index >= 15 is 0 Å². The SMILES string of the molecule is Cc1ncc(-c2c(C#N)c(N)nc3c2CNC3(C)C)n1C. The molecule has 0 aromatic carbocycles. The van der Waals surface area contributed by atoms with Crippen LogP contribution in [0, 0.1) is 18.3 Å². The number of nitrogens with two attached hydrogens (primary N) is 1. The van der Waals surface area contributed by atoms with E-state index in [-0.39, 0.29) is 11.4 Å². The lowest BCUT2D eigenvalue weighted by Gasteiger charge is -2.20. The van der Waals surface area contributed by atoms with Crippen molar-refractivity contribution in [2.24, 2.45) is 7.05 Å². The van der Waals surface area contributed by atoms with Crippen LogP contribution in [0.1, 0.15) is 36.5 Å². The number of nitrogens with zero attached hydrogens (tertiary/aromatic N) is 4. The first kappa shape index (κ1) is 13.6. The second-order valence-electron chi connectivity index (χ2n) is 5.91. The number of anilines is 1. The molecule has 6 nitrogen and oxygen atoms in total. The predicted octanol–water partition coefficient (Wildman–Crippen LogP) is 1.58. The summed E-state index contributed by atoms with van der Waals surface area (Å²) in [5.74, 6) is 1.17. The Labute approximate surface area is 123 Å². The van der Waals surface area contributed by atoms with Crippen molar-refractivity contribution in [3.05, 3.63) is 28.8 Å². The van der Waals surface area contributed by atoms with Crippen LogP contribution in [0.15, 0.2) is 6.20 Å². The minimum atomic E-state index is -0.250. The molecular formula is C15H18N6. The molecule has 108 valence electrons. The van der Waals surface area contributed by atoms with E-state index in [1.54, 1.807) is 6.20 Å². The summed E-state index contributed by atoms with van der Waals surface area (Å²) in [5, 5.41) is 12.9. The van der Waals surface area contributed by atoms with Crippen LogP contribution < -0.4 is 11.1 Å². The number of imidazole rings is 1. The van der Waals surface area contributed by atoms with E-state index in [0.29, 0.717) is 12.1 Å². The van der Waals surface area contributed by atoms with E-state index in [1.807, 2.05) is 18.5 Å². The standard InChI is InChI=1S/C15H18N6/c1-8-18-7-11(21(8)4)12-9(5-16)14(17)20-13-10(12)6-19-15(13,2)3/h7,19H,6H2,1-4H3,(H2,17,20). The van der Waals surface area contributed by atoms with Crippen molar-refractivity contribution in [2.75, 3.05) is 5.73 Å². The molecule has 2 aromatic heterocycles. The average molecular weight is 282 g/mol. The molecule has 3 N–H and O–H groups in total. The third-order valence-corrected chi connectivity index (χ3v) is 4.21. The van der Waals surface area contributed by atoms with Gasteiger partial charge in [0.15, 0.2) is 0 Å². The van der Waals surface area contributed by atoms with E-state index in [9.17, 15) is 5.26 Å². The Kier molecular flexibility index (Phi) is 2.78. The van der Waals surface area contributed by atoms with Gasteiger partial charge in [0.1, 0.15) is 23.3 Å². The highest BCUT2D eigenvalue weighted by Crippen LogP contribution is 2.39. The summed E-state index contributed by atoms with van der Waals surface area (Å²) < 4.78 is 1.97. The molecular weight excluding hydrogens is 264 g/mol. The first-order chi connectivity index (χ1) is 9.86. The third kappa shape index (κ3) is 1.82. The van der Waals surface area contributed by atoms with Crippen LogP contribution >= 0.6 is 0 Å². The van der Waals surface area contributed by atoms with Gasteiger partial charge in [0.25, 0.3) is 0 Å². The Morgan fingerprint density at radius 2 is 2.19 bits per heavy atom. The second kappa shape index (κ2) is 4.30. The van der Waals surface area contributed by atoms with Gasteiger partial charge >= 0.3 is 0 Å². The number of fused-ring (bicyclic) bond motifs is 1. The molecule has 0 unspecified atom stereocenters. The van der Waals surface area contributed by atoms with Crippen LogP contribution in [-0.4, -0.2) is 14.5 Å². The predicted molar refractivity (Wildman–Crippen MR) is 80.2 cm³/mol. The van der Waals surface area contributed by atoms with E-state index < -0.39 is 0 Å². The van der Waals surface area contributed by atoms with Crippen molar-refractivity contribution in [1.82, 2.24) is 19.9 Å². The van der Waals surface area contributed by atoms with E-state index in [0.717, 1.165) is 28.3 Å². The number of hydrogen-bond acceptors (Lipinski definition) is 5. The van der Waals surface area contributed by atoms with Crippen LogP contribution in [-0.2, 0) is 19.1 Å². The van der Waals surface area contributed by atoms with Crippen LogP contribution in [0.25, 0.3) is 11.3 Å². The van der Waals surface area contributed by atoms with Gasteiger partial charge in [-0.05, 0) is 20.8 Å². The Hall–Kier alpha value is -2.39. The van der Waals surface area contributed by atoms with Gasteiger partial charge in [-0.2, -0.15) is 5.26 Å². The summed E-state index contributed by atoms with van der Waals surface area (Å²) >= 11 is 0. The zero-order valence-electron chi connectivity index (χ0n) is 12.7. The van der Waals surface area contributed by atoms with Gasteiger partial charge < -0.3 is 15.6 Å². The Bertz CT molecular complexity index is 778. The molecule has 0 radical (unpaired) electrons. The van der Waals surface area contributed by atoms with Crippen LogP contribution in [0.5, 0.6) is 0 Å². The smallest absolute Gasteiger partial charge is 0.142 e. The first-order valence-electron chi connectivity index (χ1n) is 6.83. The summed E-state index contributed by atoms with van der Waals surface area (Å²) in [6.45, 7) is 6.73. The Morgan fingerprint density at radius 1 is 1.48 bits per heavy atom. The Morgan fingerprint density at radius 3 is 2.76 bits per heavy atom. The summed E-state index contributed by atoms with van der Waals surface area (Å²) in [7, 11) is 1.94. The van der Waals surface area contributed by atoms with Gasteiger partial charge in [-0.15, -0.1) is 0 Å². The maximum atomic E-state index is 9.50. The highest BCUT2D eigenvalue weighted by atomic mass is 15.1. The van der Waals surface area contributed by atoms with Crippen molar-refractivity contribution in [3.8, 4) is 17.3 Å². The maximum Gasteiger partial charge on any atom is 0.142 e. The second-order valence-corrected chi connectivity index (χ2v) is 5.91. The van der Waals surface area contributed by atoms with E-state index in [4.69, 9.17) is 5.73 Å². The molecule has 3 rings (SSSR count). The molecule has 0 amide bonds. The van der Waals surface area contributed by atoms with Gasteiger partial charge in [0.2, 0.25) is 0 Å². The van der Waals surface area contributed by atoms with E-state index in [2.05, 4.69) is 35.2 Å².